The fourth-order valence-electron chi connectivity index (χ4n) is 4.02. The predicted octanol–water partition coefficient (Wildman–Crippen LogP) is 3.58. The number of aryl methyl sites for hydroxylation is 1. The maximum absolute atomic E-state index is 13.1. The molecule has 30 heavy (non-hydrogen) atoms. The molecule has 2 fully saturated rings. The first kappa shape index (κ1) is 21.3. The fourth-order valence-corrected chi connectivity index (χ4v) is 6.16. The second-order valence-corrected chi connectivity index (χ2v) is 10.8. The Bertz CT molecular complexity index is 1010. The van der Waals surface area contributed by atoms with Crippen LogP contribution in [0, 0.1) is 6.92 Å². The summed E-state index contributed by atoms with van der Waals surface area (Å²) in [4.78, 5) is 19.6. The molecule has 2 saturated heterocycles. The number of sulfonamides is 1. The largest absolute Gasteiger partial charge is 0.455 e. The van der Waals surface area contributed by atoms with Crippen molar-refractivity contribution in [2.24, 2.45) is 0 Å². The number of thiazole rings is 1. The lowest BCUT2D eigenvalue weighted by Gasteiger charge is -2.27. The zero-order valence-corrected chi connectivity index (χ0v) is 18.8. The third kappa shape index (κ3) is 4.53. The van der Waals surface area contributed by atoms with Gasteiger partial charge in [0, 0.05) is 31.6 Å². The average Bonchev–Trinajstić information content (AvgIpc) is 3.44. The molecular formula is C21H27N3O4S2. The van der Waals surface area contributed by atoms with Gasteiger partial charge in [0.2, 0.25) is 10.0 Å². The molecule has 162 valence electrons. The number of nitrogens with zero attached hydrogens (tertiary/aromatic N) is 3. The Morgan fingerprint density at radius 3 is 2.47 bits per heavy atom. The van der Waals surface area contributed by atoms with Crippen LogP contribution in [0.15, 0.2) is 28.5 Å². The number of hydrogen-bond acceptors (Lipinski definition) is 7. The molecule has 0 bridgehead atoms. The number of carbonyl (C=O) groups is 1. The second kappa shape index (κ2) is 9.03. The molecule has 9 heteroatoms. The molecule has 1 aromatic carbocycles. The van der Waals surface area contributed by atoms with Crippen molar-refractivity contribution in [2.45, 2.75) is 50.5 Å². The third-order valence-corrected chi connectivity index (χ3v) is 8.32. The summed E-state index contributed by atoms with van der Waals surface area (Å²) in [6.07, 6.45) is 4.90. The predicted molar refractivity (Wildman–Crippen MR) is 116 cm³/mol. The molecule has 0 atom stereocenters. The van der Waals surface area contributed by atoms with Crippen LogP contribution in [-0.2, 0) is 21.4 Å². The van der Waals surface area contributed by atoms with Crippen molar-refractivity contribution in [3.8, 4) is 0 Å². The Morgan fingerprint density at radius 2 is 1.80 bits per heavy atom. The standard InChI is InChI=1S/C21H27N3O4S2/c1-16-22-17(15-29-16)14-28-21(25)19-13-18(7-8-20(19)23-9-5-6-10-23)30(26,27)24-11-3-2-4-12-24/h7-8,13,15H,2-6,9-12,14H2,1H3. The van der Waals surface area contributed by atoms with Gasteiger partial charge in [-0.3, -0.25) is 0 Å². The van der Waals surface area contributed by atoms with Gasteiger partial charge in [0.05, 0.1) is 26.8 Å². The van der Waals surface area contributed by atoms with Gasteiger partial charge in [-0.05, 0) is 50.8 Å². The summed E-state index contributed by atoms with van der Waals surface area (Å²) in [6, 6.07) is 4.87. The summed E-state index contributed by atoms with van der Waals surface area (Å²) < 4.78 is 33.3. The number of benzene rings is 1. The van der Waals surface area contributed by atoms with E-state index in [4.69, 9.17) is 4.74 Å². The van der Waals surface area contributed by atoms with E-state index >= 15 is 0 Å². The summed E-state index contributed by atoms with van der Waals surface area (Å²) >= 11 is 1.50. The zero-order valence-electron chi connectivity index (χ0n) is 17.2. The van der Waals surface area contributed by atoms with E-state index in [1.54, 1.807) is 12.1 Å². The van der Waals surface area contributed by atoms with Gasteiger partial charge in [0.25, 0.3) is 0 Å². The minimum Gasteiger partial charge on any atom is -0.455 e. The first-order valence-electron chi connectivity index (χ1n) is 10.4. The minimum absolute atomic E-state index is 0.0751. The molecule has 2 aromatic rings. The second-order valence-electron chi connectivity index (χ2n) is 7.77. The van der Waals surface area contributed by atoms with Crippen LogP contribution in [0.25, 0.3) is 0 Å². The van der Waals surface area contributed by atoms with Crippen LogP contribution in [0.4, 0.5) is 5.69 Å². The van der Waals surface area contributed by atoms with Crippen molar-refractivity contribution in [1.82, 2.24) is 9.29 Å². The minimum atomic E-state index is -3.63. The quantitative estimate of drug-likeness (QED) is 0.627. The van der Waals surface area contributed by atoms with E-state index in [9.17, 15) is 13.2 Å². The highest BCUT2D eigenvalue weighted by molar-refractivity contribution is 7.89. The van der Waals surface area contributed by atoms with Crippen LogP contribution in [-0.4, -0.2) is 49.9 Å². The van der Waals surface area contributed by atoms with Gasteiger partial charge in [-0.15, -0.1) is 11.3 Å². The van der Waals surface area contributed by atoms with E-state index in [0.717, 1.165) is 55.9 Å². The van der Waals surface area contributed by atoms with Gasteiger partial charge in [-0.2, -0.15) is 4.31 Å². The van der Waals surface area contributed by atoms with E-state index in [1.165, 1.54) is 21.7 Å². The first-order valence-corrected chi connectivity index (χ1v) is 12.7. The zero-order chi connectivity index (χ0) is 21.1. The number of carbonyl (C=O) groups excluding carboxylic acids is 1. The van der Waals surface area contributed by atoms with Gasteiger partial charge in [-0.25, -0.2) is 18.2 Å². The lowest BCUT2D eigenvalue weighted by Crippen LogP contribution is -2.35. The number of rotatable bonds is 6. The highest BCUT2D eigenvalue weighted by atomic mass is 32.2. The van der Waals surface area contributed by atoms with Crippen molar-refractivity contribution >= 4 is 33.0 Å². The molecule has 2 aliphatic heterocycles. The highest BCUT2D eigenvalue weighted by Crippen LogP contribution is 2.30. The SMILES string of the molecule is Cc1nc(COC(=O)c2cc(S(=O)(=O)N3CCCCC3)ccc2N2CCCC2)cs1. The monoisotopic (exact) mass is 449 g/mol. The first-order chi connectivity index (χ1) is 14.4. The summed E-state index contributed by atoms with van der Waals surface area (Å²) in [6.45, 7) is 4.73. The molecule has 0 saturated carbocycles. The molecule has 0 amide bonds. The van der Waals surface area contributed by atoms with Gasteiger partial charge < -0.3 is 9.64 Å². The van der Waals surface area contributed by atoms with Gasteiger partial charge in [-0.1, -0.05) is 6.42 Å². The van der Waals surface area contributed by atoms with Crippen LogP contribution >= 0.6 is 11.3 Å². The number of piperidine rings is 1. The lowest BCUT2D eigenvalue weighted by atomic mass is 10.1. The number of esters is 1. The molecule has 0 N–H and O–H groups in total. The van der Waals surface area contributed by atoms with Crippen molar-refractivity contribution < 1.29 is 17.9 Å². The Hall–Kier alpha value is -1.97. The fraction of sp³-hybridized carbons (Fsp3) is 0.524. The third-order valence-electron chi connectivity index (χ3n) is 5.61. The van der Waals surface area contributed by atoms with Crippen LogP contribution < -0.4 is 4.90 Å². The number of ether oxygens (including phenoxy) is 1. The number of aromatic nitrogens is 1. The van der Waals surface area contributed by atoms with Gasteiger partial charge in [0.1, 0.15) is 6.61 Å². The van der Waals surface area contributed by atoms with Crippen molar-refractivity contribution in [3.63, 3.8) is 0 Å². The maximum Gasteiger partial charge on any atom is 0.340 e. The lowest BCUT2D eigenvalue weighted by molar-refractivity contribution is 0.0468. The summed E-state index contributed by atoms with van der Waals surface area (Å²) in [5.74, 6) is -0.516. The molecule has 1 aromatic heterocycles. The Morgan fingerprint density at radius 1 is 1.10 bits per heavy atom. The van der Waals surface area contributed by atoms with Crippen LogP contribution in [0.2, 0.25) is 0 Å². The van der Waals surface area contributed by atoms with Crippen molar-refractivity contribution in [2.75, 3.05) is 31.1 Å². The van der Waals surface area contributed by atoms with Crippen LogP contribution in [0.3, 0.4) is 0 Å². The number of anilines is 1. The van der Waals surface area contributed by atoms with Gasteiger partial charge >= 0.3 is 5.97 Å². The Labute approximate surface area is 181 Å². The van der Waals surface area contributed by atoms with E-state index in [2.05, 4.69) is 9.88 Å². The molecular weight excluding hydrogens is 422 g/mol. The highest BCUT2D eigenvalue weighted by Gasteiger charge is 2.29. The smallest absolute Gasteiger partial charge is 0.340 e. The van der Waals surface area contributed by atoms with Crippen LogP contribution in [0.1, 0.15) is 53.2 Å². The Balaban J connectivity index is 1.62. The van der Waals surface area contributed by atoms with Crippen molar-refractivity contribution in [1.29, 1.82) is 0 Å². The normalized spacial score (nSPS) is 18.0. The molecule has 0 unspecified atom stereocenters. The molecule has 2 aliphatic rings. The summed E-state index contributed by atoms with van der Waals surface area (Å²) in [5.41, 5.74) is 1.75. The summed E-state index contributed by atoms with van der Waals surface area (Å²) in [5, 5.41) is 2.77. The molecule has 4 rings (SSSR count). The van der Waals surface area contributed by atoms with Gasteiger partial charge in [0.15, 0.2) is 0 Å². The Kier molecular flexibility index (Phi) is 6.40. The van der Waals surface area contributed by atoms with E-state index in [-0.39, 0.29) is 11.5 Å². The van der Waals surface area contributed by atoms with E-state index < -0.39 is 16.0 Å². The molecule has 0 radical (unpaired) electrons. The summed E-state index contributed by atoms with van der Waals surface area (Å²) in [7, 11) is -3.63. The average molecular weight is 450 g/mol. The van der Waals surface area contributed by atoms with E-state index in [1.807, 2.05) is 12.3 Å². The molecule has 3 heterocycles. The topological polar surface area (TPSA) is 79.8 Å². The molecule has 0 aliphatic carbocycles. The number of hydrogen-bond donors (Lipinski definition) is 0. The molecule has 0 spiro atoms. The van der Waals surface area contributed by atoms with Crippen molar-refractivity contribution in [3.05, 3.63) is 39.8 Å². The maximum atomic E-state index is 13.1. The van der Waals surface area contributed by atoms with E-state index in [0.29, 0.717) is 24.3 Å². The molecule has 7 nitrogen and oxygen atoms in total. The van der Waals surface area contributed by atoms with Crippen LogP contribution in [0.5, 0.6) is 0 Å².